The van der Waals surface area contributed by atoms with Crippen molar-refractivity contribution in [3.05, 3.63) is 83.4 Å². The van der Waals surface area contributed by atoms with E-state index in [4.69, 9.17) is 9.72 Å². The molecule has 0 saturated heterocycles. The minimum absolute atomic E-state index is 0.0668. The molecule has 5 rings (SSSR count). The molecule has 1 N–H and O–H groups in total. The Morgan fingerprint density at radius 1 is 1.11 bits per heavy atom. The van der Waals surface area contributed by atoms with E-state index in [1.54, 1.807) is 17.5 Å². The van der Waals surface area contributed by atoms with Gasteiger partial charge in [-0.25, -0.2) is 4.98 Å². The first-order valence-electron chi connectivity index (χ1n) is 11.4. The van der Waals surface area contributed by atoms with Gasteiger partial charge in [0.25, 0.3) is 5.91 Å². The van der Waals surface area contributed by atoms with Crippen LogP contribution in [-0.2, 0) is 16.0 Å². The number of nitrogens with zero attached hydrogens (tertiary/aromatic N) is 3. The van der Waals surface area contributed by atoms with Crippen LogP contribution in [0.3, 0.4) is 0 Å². The van der Waals surface area contributed by atoms with Gasteiger partial charge in [0.15, 0.2) is 6.61 Å². The van der Waals surface area contributed by atoms with Crippen molar-refractivity contribution < 1.29 is 14.3 Å². The number of thiazole rings is 1. The van der Waals surface area contributed by atoms with Gasteiger partial charge in [-0.1, -0.05) is 36.4 Å². The van der Waals surface area contributed by atoms with Crippen molar-refractivity contribution in [3.63, 3.8) is 0 Å². The molecule has 0 bridgehead atoms. The number of hydrogen-bond donors (Lipinski definition) is 1. The molecule has 2 amide bonds. The topological polar surface area (TPSA) is 84.4 Å². The van der Waals surface area contributed by atoms with Crippen LogP contribution in [0.15, 0.2) is 72.9 Å². The van der Waals surface area contributed by atoms with Crippen LogP contribution in [0, 0.1) is 6.92 Å². The van der Waals surface area contributed by atoms with Gasteiger partial charge in [0.05, 0.1) is 17.1 Å². The van der Waals surface area contributed by atoms with E-state index in [0.29, 0.717) is 18.0 Å². The van der Waals surface area contributed by atoms with E-state index in [0.717, 1.165) is 38.8 Å². The highest BCUT2D eigenvalue weighted by Gasteiger charge is 2.28. The summed E-state index contributed by atoms with van der Waals surface area (Å²) in [4.78, 5) is 37.1. The molecule has 3 heterocycles. The number of anilines is 1. The number of aryl methyl sites for hydroxylation is 1. The molecule has 1 aliphatic heterocycles. The van der Waals surface area contributed by atoms with Gasteiger partial charge in [-0.3, -0.25) is 19.5 Å². The van der Waals surface area contributed by atoms with E-state index in [1.165, 1.54) is 4.90 Å². The van der Waals surface area contributed by atoms with E-state index >= 15 is 0 Å². The fourth-order valence-electron chi connectivity index (χ4n) is 3.98. The number of nitrogens with one attached hydrogen (secondary N) is 1. The van der Waals surface area contributed by atoms with Crippen LogP contribution in [0.1, 0.15) is 10.4 Å². The van der Waals surface area contributed by atoms with Crippen molar-refractivity contribution in [2.75, 3.05) is 24.6 Å². The number of ether oxygens (including phenoxy) is 1. The summed E-state index contributed by atoms with van der Waals surface area (Å²) in [5.74, 6) is 0.107. The van der Waals surface area contributed by atoms with Crippen molar-refractivity contribution in [2.24, 2.45) is 0 Å². The maximum atomic E-state index is 12.7. The third kappa shape index (κ3) is 5.07. The number of rotatable bonds is 7. The zero-order valence-corrected chi connectivity index (χ0v) is 20.0. The fraction of sp³-hybridized carbons (Fsp3) is 0.185. The lowest BCUT2D eigenvalue weighted by atomic mass is 10.1. The van der Waals surface area contributed by atoms with E-state index < -0.39 is 0 Å². The fourth-order valence-corrected chi connectivity index (χ4v) is 4.89. The molecule has 0 atom stereocenters. The van der Waals surface area contributed by atoms with Gasteiger partial charge in [-0.05, 0) is 49.2 Å². The maximum absolute atomic E-state index is 12.7. The van der Waals surface area contributed by atoms with Gasteiger partial charge in [0, 0.05) is 23.2 Å². The van der Waals surface area contributed by atoms with Gasteiger partial charge in [0.1, 0.15) is 17.3 Å². The average Bonchev–Trinajstić information content (AvgIpc) is 3.28. The van der Waals surface area contributed by atoms with E-state index in [1.807, 2.05) is 73.7 Å². The van der Waals surface area contributed by atoms with E-state index in [-0.39, 0.29) is 25.0 Å². The predicted molar refractivity (Wildman–Crippen MR) is 137 cm³/mol. The van der Waals surface area contributed by atoms with Crippen molar-refractivity contribution in [1.29, 1.82) is 0 Å². The molecule has 0 fully saturated rings. The third-order valence-corrected chi connectivity index (χ3v) is 6.73. The summed E-state index contributed by atoms with van der Waals surface area (Å²) >= 11 is 1.57. The number of pyridine rings is 1. The predicted octanol–water partition coefficient (Wildman–Crippen LogP) is 4.26. The molecule has 0 spiro atoms. The van der Waals surface area contributed by atoms with Gasteiger partial charge < -0.3 is 10.1 Å². The third-order valence-electron chi connectivity index (χ3n) is 5.74. The van der Waals surface area contributed by atoms with Crippen LogP contribution in [0.4, 0.5) is 5.69 Å². The van der Waals surface area contributed by atoms with Crippen molar-refractivity contribution in [2.45, 2.75) is 13.3 Å². The Bertz CT molecular complexity index is 1360. The van der Waals surface area contributed by atoms with Crippen molar-refractivity contribution >= 4 is 28.8 Å². The van der Waals surface area contributed by atoms with Gasteiger partial charge >= 0.3 is 0 Å². The van der Waals surface area contributed by atoms with Crippen LogP contribution in [-0.4, -0.2) is 41.5 Å². The zero-order chi connectivity index (χ0) is 24.2. The molecule has 1 aliphatic rings. The first kappa shape index (κ1) is 22.7. The molecule has 4 aromatic rings. The Morgan fingerprint density at radius 2 is 1.94 bits per heavy atom. The summed E-state index contributed by atoms with van der Waals surface area (Å²) in [7, 11) is 0. The van der Waals surface area contributed by atoms with Crippen molar-refractivity contribution in [3.8, 4) is 27.7 Å². The highest BCUT2D eigenvalue weighted by atomic mass is 32.1. The lowest BCUT2D eigenvalue weighted by molar-refractivity contribution is -0.125. The molecular weight excluding hydrogens is 460 g/mol. The first-order valence-corrected chi connectivity index (χ1v) is 12.2. The summed E-state index contributed by atoms with van der Waals surface area (Å²) in [6.45, 7) is 2.35. The quantitative estimate of drug-likeness (QED) is 0.424. The Hall–Kier alpha value is -4.04. The van der Waals surface area contributed by atoms with E-state index in [2.05, 4.69) is 10.3 Å². The lowest BCUT2D eigenvalue weighted by Gasteiger charge is -2.29. The number of carbonyl (C=O) groups excluding carboxylic acids is 2. The smallest absolute Gasteiger partial charge is 0.265 e. The second-order valence-corrected chi connectivity index (χ2v) is 9.38. The van der Waals surface area contributed by atoms with Crippen LogP contribution < -0.4 is 15.0 Å². The molecule has 8 heteroatoms. The Morgan fingerprint density at radius 3 is 2.74 bits per heavy atom. The monoisotopic (exact) mass is 484 g/mol. The van der Waals surface area contributed by atoms with Crippen LogP contribution in [0.5, 0.6) is 5.75 Å². The largest absolute Gasteiger partial charge is 0.482 e. The van der Waals surface area contributed by atoms with E-state index in [9.17, 15) is 9.59 Å². The van der Waals surface area contributed by atoms with Crippen LogP contribution in [0.25, 0.3) is 22.0 Å². The number of amides is 2. The number of fused-ring (bicyclic) bond motifs is 1. The van der Waals surface area contributed by atoms with Crippen molar-refractivity contribution in [1.82, 2.24) is 15.3 Å². The second kappa shape index (κ2) is 10.1. The minimum Gasteiger partial charge on any atom is -0.482 e. The molecule has 0 saturated carbocycles. The summed E-state index contributed by atoms with van der Waals surface area (Å²) in [6, 6.07) is 21.3. The highest BCUT2D eigenvalue weighted by Crippen LogP contribution is 2.38. The summed E-state index contributed by atoms with van der Waals surface area (Å²) in [5, 5.41) is 3.75. The van der Waals surface area contributed by atoms with Gasteiger partial charge in [-0.15, -0.1) is 11.3 Å². The zero-order valence-electron chi connectivity index (χ0n) is 19.2. The number of benzene rings is 2. The average molecular weight is 485 g/mol. The summed E-state index contributed by atoms with van der Waals surface area (Å²) in [6.07, 6.45) is 2.47. The van der Waals surface area contributed by atoms with Gasteiger partial charge in [-0.2, -0.15) is 0 Å². The number of carbonyl (C=O) groups is 2. The normalized spacial score (nSPS) is 12.7. The molecule has 176 valence electrons. The maximum Gasteiger partial charge on any atom is 0.265 e. The Balaban J connectivity index is 1.34. The molecule has 2 aromatic carbocycles. The first-order chi connectivity index (χ1) is 17.1. The molecule has 0 unspecified atom stereocenters. The number of hydrogen-bond acceptors (Lipinski definition) is 6. The van der Waals surface area contributed by atoms with Gasteiger partial charge in [0.2, 0.25) is 5.91 Å². The molecule has 7 nitrogen and oxygen atoms in total. The Kier molecular flexibility index (Phi) is 6.54. The SMILES string of the molecule is Cc1sc(-c2ccccn2)nc1-c1ccc2c(c1)N(CC(=O)NCCc1ccccc1)C(=O)CO2. The second-order valence-electron chi connectivity index (χ2n) is 8.18. The summed E-state index contributed by atoms with van der Waals surface area (Å²) in [5.41, 5.74) is 4.21. The molecular formula is C27H24N4O3S. The molecule has 2 aromatic heterocycles. The molecule has 0 radical (unpaired) electrons. The standard InChI is InChI=1S/C27H24N4O3S/c1-18-26(30-27(35-18)21-9-5-6-13-28-21)20-10-11-23-22(15-20)31(25(33)17-34-23)16-24(32)29-14-12-19-7-3-2-4-8-19/h2-11,13,15H,12,14,16-17H2,1H3,(H,29,32). The lowest BCUT2D eigenvalue weighted by Crippen LogP contribution is -2.45. The minimum atomic E-state index is -0.253. The summed E-state index contributed by atoms with van der Waals surface area (Å²) < 4.78 is 5.63. The Labute approximate surface area is 207 Å². The number of aromatic nitrogens is 2. The molecule has 0 aliphatic carbocycles. The molecule has 35 heavy (non-hydrogen) atoms. The highest BCUT2D eigenvalue weighted by molar-refractivity contribution is 7.15. The van der Waals surface area contributed by atoms with Crippen LogP contribution >= 0.6 is 11.3 Å². The van der Waals surface area contributed by atoms with Crippen LogP contribution in [0.2, 0.25) is 0 Å².